The predicted molar refractivity (Wildman–Crippen MR) is 90.9 cm³/mol. The highest BCUT2D eigenvalue weighted by molar-refractivity contribution is 6.30. The summed E-state index contributed by atoms with van der Waals surface area (Å²) in [4.78, 5) is 8.93. The maximum atomic E-state index is 6.16. The number of imidazole rings is 1. The van der Waals surface area contributed by atoms with E-state index in [4.69, 9.17) is 21.3 Å². The molecule has 4 rings (SSSR count). The molecule has 1 aliphatic rings. The lowest BCUT2D eigenvalue weighted by Crippen LogP contribution is -2.19. The molecule has 4 heterocycles. The van der Waals surface area contributed by atoms with Crippen LogP contribution in [0.25, 0.3) is 16.9 Å². The average molecular weight is 329 g/mol. The maximum absolute atomic E-state index is 6.16. The molecule has 1 saturated heterocycles. The van der Waals surface area contributed by atoms with Crippen LogP contribution in [0.2, 0.25) is 5.02 Å². The third kappa shape index (κ3) is 2.90. The normalized spacial score (nSPS) is 17.7. The van der Waals surface area contributed by atoms with E-state index in [0.29, 0.717) is 5.02 Å². The van der Waals surface area contributed by atoms with Crippen molar-refractivity contribution in [2.45, 2.75) is 18.9 Å². The van der Waals surface area contributed by atoms with Gasteiger partial charge in [-0.25, -0.2) is 4.98 Å². The maximum Gasteiger partial charge on any atom is 0.139 e. The van der Waals surface area contributed by atoms with Gasteiger partial charge in [0, 0.05) is 37.3 Å². The third-order valence-electron chi connectivity index (χ3n) is 4.04. The highest BCUT2D eigenvalue weighted by Crippen LogP contribution is 2.29. The summed E-state index contributed by atoms with van der Waals surface area (Å²) in [6.45, 7) is 1.61. The first-order valence-electron chi connectivity index (χ1n) is 7.75. The van der Waals surface area contributed by atoms with Gasteiger partial charge in [0.1, 0.15) is 17.2 Å². The van der Waals surface area contributed by atoms with Gasteiger partial charge in [0.05, 0.1) is 11.1 Å². The van der Waals surface area contributed by atoms with Crippen molar-refractivity contribution in [3.05, 3.63) is 47.9 Å². The Hall–Kier alpha value is -2.11. The Balaban J connectivity index is 1.76. The number of nitrogens with zero attached hydrogens (tertiary/aromatic N) is 3. The molecular formula is C17H17ClN4O. The summed E-state index contributed by atoms with van der Waals surface area (Å²) in [7, 11) is 0. The molecule has 1 N–H and O–H groups in total. The molecule has 118 valence electrons. The summed E-state index contributed by atoms with van der Waals surface area (Å²) >= 11 is 6.16. The lowest BCUT2D eigenvalue weighted by atomic mass is 10.2. The minimum absolute atomic E-state index is 0.251. The molecule has 1 unspecified atom stereocenters. The van der Waals surface area contributed by atoms with E-state index in [1.165, 1.54) is 0 Å². The zero-order valence-corrected chi connectivity index (χ0v) is 13.3. The summed E-state index contributed by atoms with van der Waals surface area (Å²) in [5, 5.41) is 4.17. The number of nitrogens with one attached hydrogen (secondary N) is 1. The number of aromatic nitrogens is 3. The Labute approximate surface area is 139 Å². The van der Waals surface area contributed by atoms with E-state index in [1.807, 2.05) is 41.1 Å². The van der Waals surface area contributed by atoms with Crippen LogP contribution in [0, 0.1) is 0 Å². The Bertz CT molecular complexity index is 812. The second-order valence-electron chi connectivity index (χ2n) is 5.64. The van der Waals surface area contributed by atoms with E-state index in [1.54, 1.807) is 6.20 Å². The smallest absolute Gasteiger partial charge is 0.139 e. The molecule has 0 saturated carbocycles. The molecule has 0 spiro atoms. The summed E-state index contributed by atoms with van der Waals surface area (Å²) < 4.78 is 7.69. The fourth-order valence-electron chi connectivity index (χ4n) is 2.91. The van der Waals surface area contributed by atoms with Gasteiger partial charge in [-0.1, -0.05) is 11.6 Å². The number of pyridine rings is 2. The fourth-order valence-corrected chi connectivity index (χ4v) is 3.07. The van der Waals surface area contributed by atoms with Crippen LogP contribution in [0.3, 0.4) is 0 Å². The number of halogens is 1. The van der Waals surface area contributed by atoms with Gasteiger partial charge in [-0.3, -0.25) is 9.38 Å². The number of anilines is 1. The first kappa shape index (κ1) is 14.5. The second kappa shape index (κ2) is 6.18. The van der Waals surface area contributed by atoms with E-state index in [-0.39, 0.29) is 6.10 Å². The average Bonchev–Trinajstić information content (AvgIpc) is 3.21. The summed E-state index contributed by atoms with van der Waals surface area (Å²) in [6.07, 6.45) is 7.92. The van der Waals surface area contributed by atoms with Crippen LogP contribution in [0.4, 0.5) is 5.82 Å². The van der Waals surface area contributed by atoms with Crippen molar-refractivity contribution in [3.63, 3.8) is 0 Å². The molecule has 0 amide bonds. The lowest BCUT2D eigenvalue weighted by molar-refractivity contribution is 0.120. The number of ether oxygens (including phenoxy) is 1. The van der Waals surface area contributed by atoms with Crippen LogP contribution in [0.1, 0.15) is 12.8 Å². The summed E-state index contributed by atoms with van der Waals surface area (Å²) in [5.41, 5.74) is 2.70. The van der Waals surface area contributed by atoms with Gasteiger partial charge < -0.3 is 10.1 Å². The Morgan fingerprint density at radius 1 is 1.35 bits per heavy atom. The lowest BCUT2D eigenvalue weighted by Gasteiger charge is -2.13. The standard InChI is InChI=1S/C17H17ClN4O/c18-13-5-6-15-21-16(12-3-1-7-19-9-12)17(22(15)11-13)20-10-14-4-2-8-23-14/h1,3,5-7,9,11,14,20H,2,4,8,10H2. The molecule has 3 aromatic rings. The van der Waals surface area contributed by atoms with Crippen LogP contribution >= 0.6 is 11.6 Å². The number of rotatable bonds is 4. The molecule has 23 heavy (non-hydrogen) atoms. The summed E-state index contributed by atoms with van der Waals surface area (Å²) in [6, 6.07) is 7.68. The van der Waals surface area contributed by atoms with E-state index in [2.05, 4.69) is 10.3 Å². The molecular weight excluding hydrogens is 312 g/mol. The van der Waals surface area contributed by atoms with Crippen LogP contribution in [0.5, 0.6) is 0 Å². The van der Waals surface area contributed by atoms with Crippen molar-refractivity contribution in [3.8, 4) is 11.3 Å². The molecule has 5 nitrogen and oxygen atoms in total. The second-order valence-corrected chi connectivity index (χ2v) is 6.08. The van der Waals surface area contributed by atoms with Crippen molar-refractivity contribution in [1.82, 2.24) is 14.4 Å². The number of fused-ring (bicyclic) bond motifs is 1. The molecule has 6 heteroatoms. The van der Waals surface area contributed by atoms with Gasteiger partial charge in [-0.15, -0.1) is 0 Å². The molecule has 3 aromatic heterocycles. The first-order chi connectivity index (χ1) is 11.3. The monoisotopic (exact) mass is 328 g/mol. The largest absolute Gasteiger partial charge is 0.376 e. The van der Waals surface area contributed by atoms with Crippen LogP contribution < -0.4 is 5.32 Å². The van der Waals surface area contributed by atoms with E-state index in [9.17, 15) is 0 Å². The third-order valence-corrected chi connectivity index (χ3v) is 4.26. The van der Waals surface area contributed by atoms with Gasteiger partial charge in [-0.2, -0.15) is 0 Å². The van der Waals surface area contributed by atoms with Crippen molar-refractivity contribution >= 4 is 23.1 Å². The van der Waals surface area contributed by atoms with Crippen LogP contribution in [0.15, 0.2) is 42.9 Å². The molecule has 1 fully saturated rings. The van der Waals surface area contributed by atoms with Gasteiger partial charge in [0.25, 0.3) is 0 Å². The molecule has 1 atom stereocenters. The molecule has 1 aliphatic heterocycles. The van der Waals surface area contributed by atoms with Crippen LogP contribution in [-0.4, -0.2) is 33.6 Å². The van der Waals surface area contributed by atoms with Crippen molar-refractivity contribution in [1.29, 1.82) is 0 Å². The zero-order valence-electron chi connectivity index (χ0n) is 12.6. The van der Waals surface area contributed by atoms with Crippen molar-refractivity contribution in [2.75, 3.05) is 18.5 Å². The van der Waals surface area contributed by atoms with Gasteiger partial charge in [0.15, 0.2) is 0 Å². The Morgan fingerprint density at radius 2 is 2.30 bits per heavy atom. The molecule has 0 bridgehead atoms. The Morgan fingerprint density at radius 3 is 3.09 bits per heavy atom. The predicted octanol–water partition coefficient (Wildman–Crippen LogP) is 3.64. The van der Waals surface area contributed by atoms with Gasteiger partial charge in [-0.05, 0) is 37.1 Å². The van der Waals surface area contributed by atoms with Gasteiger partial charge >= 0.3 is 0 Å². The quantitative estimate of drug-likeness (QED) is 0.794. The van der Waals surface area contributed by atoms with E-state index < -0.39 is 0 Å². The topological polar surface area (TPSA) is 51.5 Å². The molecule has 0 aliphatic carbocycles. The first-order valence-corrected chi connectivity index (χ1v) is 8.12. The minimum Gasteiger partial charge on any atom is -0.376 e. The molecule has 0 radical (unpaired) electrons. The van der Waals surface area contributed by atoms with Gasteiger partial charge in [0.2, 0.25) is 0 Å². The number of hydrogen-bond donors (Lipinski definition) is 1. The van der Waals surface area contributed by atoms with Crippen LogP contribution in [-0.2, 0) is 4.74 Å². The minimum atomic E-state index is 0.251. The zero-order chi connectivity index (χ0) is 15.6. The molecule has 0 aromatic carbocycles. The Kier molecular flexibility index (Phi) is 3.89. The fraction of sp³-hybridized carbons (Fsp3) is 0.294. The highest BCUT2D eigenvalue weighted by atomic mass is 35.5. The number of hydrogen-bond acceptors (Lipinski definition) is 4. The van der Waals surface area contributed by atoms with E-state index in [0.717, 1.165) is 48.7 Å². The van der Waals surface area contributed by atoms with Crippen molar-refractivity contribution < 1.29 is 4.74 Å². The highest BCUT2D eigenvalue weighted by Gasteiger charge is 2.19. The SMILES string of the molecule is Clc1ccc2nc(-c3cccnc3)c(NCC3CCCO3)n2c1. The van der Waals surface area contributed by atoms with Crippen molar-refractivity contribution in [2.24, 2.45) is 0 Å². The van der Waals surface area contributed by atoms with E-state index >= 15 is 0 Å². The summed E-state index contributed by atoms with van der Waals surface area (Å²) in [5.74, 6) is 0.922.